The molecule has 1 aromatic carbocycles. The summed E-state index contributed by atoms with van der Waals surface area (Å²) < 4.78 is 7.18. The third kappa shape index (κ3) is 1.31. The molecule has 0 amide bonds. The Morgan fingerprint density at radius 2 is 2.13 bits per heavy atom. The van der Waals surface area contributed by atoms with Crippen LogP contribution in [-0.4, -0.2) is 8.58 Å². The number of aryl methyl sites for hydroxylation is 1. The molecule has 0 saturated carbocycles. The second kappa shape index (κ2) is 3.59. The van der Waals surface area contributed by atoms with Gasteiger partial charge in [0.1, 0.15) is 0 Å². The second-order valence-electron chi connectivity index (χ2n) is 3.59. The smallest absolute Gasteiger partial charge is 0.0500 e. The Morgan fingerprint density at radius 1 is 1.27 bits per heavy atom. The summed E-state index contributed by atoms with van der Waals surface area (Å²) in [5, 5.41) is 1.42. The minimum atomic E-state index is 0.140. The molecule has 0 atom stereocenters. The van der Waals surface area contributed by atoms with E-state index in [9.17, 15) is 0 Å². The molecule has 0 unspecified atom stereocenters. The van der Waals surface area contributed by atoms with Crippen LogP contribution < -0.4 is 0 Å². The first-order chi connectivity index (χ1) is 7.42. The predicted octanol–water partition coefficient (Wildman–Crippen LogP) is 3.77. The summed E-state index contributed by atoms with van der Waals surface area (Å²) >= 11 is 0.140. The fraction of sp³-hybridized carbons (Fsp3) is 0.154. The lowest BCUT2D eigenvalue weighted by molar-refractivity contribution is 0.789. The van der Waals surface area contributed by atoms with E-state index in [4.69, 9.17) is 0 Å². The van der Waals surface area contributed by atoms with Gasteiger partial charge in [0.05, 0.1) is 0 Å². The van der Waals surface area contributed by atoms with E-state index >= 15 is 0 Å². The van der Waals surface area contributed by atoms with Gasteiger partial charge in [0.2, 0.25) is 0 Å². The lowest BCUT2D eigenvalue weighted by Crippen LogP contribution is -1.97. The SMILES string of the molecule is CCn1c2c(c3ccccc31)C=IC=C2. The van der Waals surface area contributed by atoms with Crippen LogP contribution in [0.15, 0.2) is 28.3 Å². The maximum atomic E-state index is 2.43. The third-order valence-corrected chi connectivity index (χ3v) is 4.59. The van der Waals surface area contributed by atoms with E-state index in [0.29, 0.717) is 0 Å². The average Bonchev–Trinajstić information content (AvgIpc) is 2.63. The number of rotatable bonds is 1. The molecule has 0 saturated heterocycles. The molecule has 0 aliphatic carbocycles. The van der Waals surface area contributed by atoms with Gasteiger partial charge in [-0.25, -0.2) is 0 Å². The van der Waals surface area contributed by atoms with Crippen LogP contribution >= 0.6 is 20.7 Å². The molecule has 76 valence electrons. The molecule has 15 heavy (non-hydrogen) atoms. The zero-order valence-electron chi connectivity index (χ0n) is 8.57. The van der Waals surface area contributed by atoms with Crippen LogP contribution in [0.2, 0.25) is 0 Å². The number of benzene rings is 1. The van der Waals surface area contributed by atoms with Gasteiger partial charge in [-0.05, 0) is 27.2 Å². The van der Waals surface area contributed by atoms with E-state index in [1.165, 1.54) is 22.2 Å². The maximum Gasteiger partial charge on any atom is 0.0500 e. The van der Waals surface area contributed by atoms with Gasteiger partial charge in [0, 0.05) is 28.7 Å². The predicted molar refractivity (Wildman–Crippen MR) is 75.8 cm³/mol. The zero-order chi connectivity index (χ0) is 10.3. The van der Waals surface area contributed by atoms with Gasteiger partial charge in [-0.2, -0.15) is 0 Å². The summed E-state index contributed by atoms with van der Waals surface area (Å²) in [6.07, 6.45) is 2.30. The van der Waals surface area contributed by atoms with Gasteiger partial charge in [-0.3, -0.25) is 0 Å². The van der Waals surface area contributed by atoms with Crippen molar-refractivity contribution in [2.45, 2.75) is 13.5 Å². The summed E-state index contributed by atoms with van der Waals surface area (Å²) in [7, 11) is 0. The first-order valence-corrected chi connectivity index (χ1v) is 7.64. The molecule has 0 bridgehead atoms. The van der Waals surface area contributed by atoms with Gasteiger partial charge >= 0.3 is 0 Å². The lowest BCUT2D eigenvalue weighted by Gasteiger charge is -2.05. The fourth-order valence-corrected chi connectivity index (χ4v) is 3.95. The van der Waals surface area contributed by atoms with Crippen molar-refractivity contribution in [1.29, 1.82) is 0 Å². The van der Waals surface area contributed by atoms with Crippen LogP contribution in [-0.2, 0) is 6.54 Å². The van der Waals surface area contributed by atoms with Crippen LogP contribution in [0.5, 0.6) is 0 Å². The van der Waals surface area contributed by atoms with Crippen molar-refractivity contribution in [3.05, 3.63) is 39.6 Å². The second-order valence-corrected chi connectivity index (χ2v) is 5.65. The van der Waals surface area contributed by atoms with Crippen molar-refractivity contribution in [3.8, 4) is 0 Å². The van der Waals surface area contributed by atoms with Gasteiger partial charge in [0.25, 0.3) is 0 Å². The molecular formula is C13H12IN. The normalized spacial score (nSPS) is 13.9. The monoisotopic (exact) mass is 309 g/mol. The Hall–Kier alpha value is -0.900. The van der Waals surface area contributed by atoms with Crippen LogP contribution in [0.3, 0.4) is 0 Å². The average molecular weight is 309 g/mol. The molecule has 0 N–H and O–H groups in total. The molecule has 1 aromatic heterocycles. The summed E-state index contributed by atoms with van der Waals surface area (Å²) in [4.78, 5) is 0. The number of nitrogens with zero attached hydrogens (tertiary/aromatic N) is 1. The van der Waals surface area contributed by atoms with E-state index in [1.807, 2.05) is 0 Å². The molecule has 2 heteroatoms. The number of halogens is 1. The van der Waals surface area contributed by atoms with E-state index in [-0.39, 0.29) is 20.7 Å². The summed E-state index contributed by atoms with van der Waals surface area (Å²) in [5.74, 6) is 0. The highest BCUT2D eigenvalue weighted by molar-refractivity contribution is 14.2. The number of aromatic nitrogens is 1. The van der Waals surface area contributed by atoms with E-state index in [0.717, 1.165) is 6.54 Å². The summed E-state index contributed by atoms with van der Waals surface area (Å²) in [6.45, 7) is 3.26. The highest BCUT2D eigenvalue weighted by Gasteiger charge is 2.12. The number of hydrogen-bond donors (Lipinski definition) is 0. The number of para-hydroxylation sites is 1. The largest absolute Gasteiger partial charge is 0.341 e. The molecule has 2 heterocycles. The van der Waals surface area contributed by atoms with Crippen LogP contribution in [0, 0.1) is 0 Å². The van der Waals surface area contributed by atoms with Crippen molar-refractivity contribution < 1.29 is 0 Å². The van der Waals surface area contributed by atoms with Crippen molar-refractivity contribution >= 4 is 41.7 Å². The van der Waals surface area contributed by atoms with Crippen LogP contribution in [0.4, 0.5) is 0 Å². The van der Waals surface area contributed by atoms with E-state index in [2.05, 4.69) is 49.9 Å². The van der Waals surface area contributed by atoms with Gasteiger partial charge in [-0.1, -0.05) is 38.9 Å². The molecule has 1 nitrogen and oxygen atoms in total. The standard InChI is InChI=1S/C13H12IN/c1-2-15-12-6-4-3-5-10(12)11-9-14-8-7-13(11)15/h3-9H,2H2,1H3. The molecule has 3 rings (SSSR count). The van der Waals surface area contributed by atoms with Gasteiger partial charge < -0.3 is 4.57 Å². The Labute approximate surface area is 99.2 Å². The maximum absolute atomic E-state index is 2.43. The van der Waals surface area contributed by atoms with Crippen molar-refractivity contribution in [1.82, 2.24) is 4.57 Å². The van der Waals surface area contributed by atoms with E-state index in [1.54, 1.807) is 0 Å². The Balaban J connectivity index is 2.49. The minimum Gasteiger partial charge on any atom is -0.341 e. The quantitative estimate of drug-likeness (QED) is 0.707. The molecule has 1 aliphatic rings. The van der Waals surface area contributed by atoms with Gasteiger partial charge in [-0.15, -0.1) is 0 Å². The summed E-state index contributed by atoms with van der Waals surface area (Å²) in [6, 6.07) is 8.71. The zero-order valence-corrected chi connectivity index (χ0v) is 10.7. The number of hydrogen-bond acceptors (Lipinski definition) is 0. The van der Waals surface area contributed by atoms with Crippen molar-refractivity contribution in [2.24, 2.45) is 0 Å². The van der Waals surface area contributed by atoms with E-state index < -0.39 is 0 Å². The van der Waals surface area contributed by atoms with Crippen LogP contribution in [0.25, 0.3) is 17.0 Å². The van der Waals surface area contributed by atoms with Crippen molar-refractivity contribution in [2.75, 3.05) is 0 Å². The first-order valence-electron chi connectivity index (χ1n) is 5.15. The Morgan fingerprint density at radius 3 is 3.00 bits per heavy atom. The molecular weight excluding hydrogens is 297 g/mol. The summed E-state index contributed by atoms with van der Waals surface area (Å²) in [5.41, 5.74) is 4.23. The Bertz CT molecular complexity index is 575. The van der Waals surface area contributed by atoms with Crippen molar-refractivity contribution in [3.63, 3.8) is 0 Å². The molecule has 2 aromatic rings. The van der Waals surface area contributed by atoms with Gasteiger partial charge in [0.15, 0.2) is 0 Å². The Kier molecular flexibility index (Phi) is 2.24. The number of fused-ring (bicyclic) bond motifs is 3. The first kappa shape index (κ1) is 9.33. The van der Waals surface area contributed by atoms with Crippen LogP contribution in [0.1, 0.15) is 18.2 Å². The fourth-order valence-electron chi connectivity index (χ4n) is 2.18. The minimum absolute atomic E-state index is 0.140. The lowest BCUT2D eigenvalue weighted by atomic mass is 10.1. The molecule has 0 spiro atoms. The topological polar surface area (TPSA) is 4.93 Å². The third-order valence-electron chi connectivity index (χ3n) is 2.83. The molecule has 0 fully saturated rings. The highest BCUT2D eigenvalue weighted by atomic mass is 127. The molecule has 0 radical (unpaired) electrons. The molecule has 1 aliphatic heterocycles. The highest BCUT2D eigenvalue weighted by Crippen LogP contribution is 2.30.